The minimum Gasteiger partial charge on any atom is -0.389 e. The number of methoxy groups -OCH3 is 1. The van der Waals surface area contributed by atoms with Crippen LogP contribution in [0.2, 0.25) is 0 Å². The molecule has 0 spiro atoms. The van der Waals surface area contributed by atoms with Gasteiger partial charge in [-0.1, -0.05) is 24.4 Å². The summed E-state index contributed by atoms with van der Waals surface area (Å²) in [5.74, 6) is -0.0191. The first-order valence-electron chi connectivity index (χ1n) is 6.86. The number of nitrogens with two attached hydrogens (primary N) is 1. The molecule has 0 saturated heterocycles. The van der Waals surface area contributed by atoms with E-state index in [0.717, 1.165) is 17.7 Å². The fraction of sp³-hybridized carbons (Fsp3) is 0.467. The van der Waals surface area contributed by atoms with E-state index in [-0.39, 0.29) is 11.9 Å². The second-order valence-corrected chi connectivity index (χ2v) is 5.28. The molecule has 1 atom stereocenters. The Bertz CT molecular complexity index is 494. The molecule has 0 aliphatic heterocycles. The summed E-state index contributed by atoms with van der Waals surface area (Å²) < 4.78 is 4.95. The highest BCUT2D eigenvalue weighted by Gasteiger charge is 2.18. The van der Waals surface area contributed by atoms with Crippen molar-refractivity contribution in [1.29, 1.82) is 0 Å². The Morgan fingerprint density at radius 1 is 1.52 bits per heavy atom. The van der Waals surface area contributed by atoms with Gasteiger partial charge >= 0.3 is 0 Å². The molecule has 0 bridgehead atoms. The van der Waals surface area contributed by atoms with E-state index in [1.54, 1.807) is 7.11 Å². The number of carbonyl (C=O) groups excluding carboxylic acids is 1. The standard InChI is InChI=1S/C15H23N3O2S/c1-11(15(19)17-8-5-9-20-3)18(2)13-7-4-6-12(10-13)14(16)21/h4,6-7,10-11H,5,8-9H2,1-3H3,(H2,16,21)(H,17,19). The van der Waals surface area contributed by atoms with E-state index < -0.39 is 0 Å². The Morgan fingerprint density at radius 2 is 2.24 bits per heavy atom. The number of hydrogen-bond acceptors (Lipinski definition) is 4. The van der Waals surface area contributed by atoms with E-state index in [1.165, 1.54) is 0 Å². The number of benzene rings is 1. The molecule has 116 valence electrons. The zero-order valence-corrected chi connectivity index (χ0v) is 13.6. The number of anilines is 1. The predicted octanol–water partition coefficient (Wildman–Crippen LogP) is 1.30. The van der Waals surface area contributed by atoms with Crippen molar-refractivity contribution in [2.45, 2.75) is 19.4 Å². The summed E-state index contributed by atoms with van der Waals surface area (Å²) in [6, 6.07) is 7.26. The van der Waals surface area contributed by atoms with Crippen LogP contribution < -0.4 is 16.0 Å². The maximum Gasteiger partial charge on any atom is 0.242 e. The van der Waals surface area contributed by atoms with Gasteiger partial charge in [-0.15, -0.1) is 0 Å². The van der Waals surface area contributed by atoms with Crippen molar-refractivity contribution in [2.24, 2.45) is 5.73 Å². The van der Waals surface area contributed by atoms with Gasteiger partial charge in [-0.3, -0.25) is 4.79 Å². The van der Waals surface area contributed by atoms with Crippen LogP contribution in [-0.2, 0) is 9.53 Å². The third kappa shape index (κ3) is 5.32. The lowest BCUT2D eigenvalue weighted by molar-refractivity contribution is -0.122. The van der Waals surface area contributed by atoms with Crippen LogP contribution in [-0.4, -0.2) is 44.2 Å². The molecule has 1 rings (SSSR count). The molecule has 0 aliphatic carbocycles. The molecule has 5 nitrogen and oxygen atoms in total. The minimum atomic E-state index is -0.283. The van der Waals surface area contributed by atoms with Crippen molar-refractivity contribution in [1.82, 2.24) is 5.32 Å². The maximum atomic E-state index is 12.1. The van der Waals surface area contributed by atoms with Crippen molar-refractivity contribution < 1.29 is 9.53 Å². The van der Waals surface area contributed by atoms with Crippen molar-refractivity contribution >= 4 is 28.8 Å². The van der Waals surface area contributed by atoms with Gasteiger partial charge in [0.15, 0.2) is 0 Å². The molecule has 21 heavy (non-hydrogen) atoms. The van der Waals surface area contributed by atoms with E-state index in [1.807, 2.05) is 43.1 Å². The zero-order valence-electron chi connectivity index (χ0n) is 12.8. The first-order chi connectivity index (χ1) is 9.97. The van der Waals surface area contributed by atoms with Crippen LogP contribution in [0.15, 0.2) is 24.3 Å². The molecular formula is C15H23N3O2S. The van der Waals surface area contributed by atoms with Gasteiger partial charge in [-0.05, 0) is 25.5 Å². The molecule has 0 radical (unpaired) electrons. The fourth-order valence-corrected chi connectivity index (χ4v) is 1.98. The van der Waals surface area contributed by atoms with Crippen LogP contribution >= 0.6 is 12.2 Å². The summed E-state index contributed by atoms with van der Waals surface area (Å²) in [7, 11) is 3.52. The number of nitrogens with one attached hydrogen (secondary N) is 1. The largest absolute Gasteiger partial charge is 0.389 e. The van der Waals surface area contributed by atoms with Gasteiger partial charge in [0.25, 0.3) is 0 Å². The summed E-state index contributed by atoms with van der Waals surface area (Å²) in [6.45, 7) is 3.11. The second-order valence-electron chi connectivity index (χ2n) is 4.84. The number of thiocarbonyl (C=S) groups is 1. The second kappa shape index (κ2) is 8.59. The van der Waals surface area contributed by atoms with Crippen molar-refractivity contribution in [2.75, 3.05) is 32.2 Å². The van der Waals surface area contributed by atoms with E-state index in [0.29, 0.717) is 18.1 Å². The smallest absolute Gasteiger partial charge is 0.242 e. The molecule has 0 aliphatic rings. The van der Waals surface area contributed by atoms with E-state index in [4.69, 9.17) is 22.7 Å². The topological polar surface area (TPSA) is 67.6 Å². The summed E-state index contributed by atoms with van der Waals surface area (Å²) in [6.07, 6.45) is 0.801. The number of ether oxygens (including phenoxy) is 1. The van der Waals surface area contributed by atoms with E-state index in [2.05, 4.69) is 5.32 Å². The number of likely N-dealkylation sites (N-methyl/N-ethyl adjacent to an activating group) is 1. The third-order valence-electron chi connectivity index (χ3n) is 3.32. The Kier molecular flexibility index (Phi) is 7.11. The van der Waals surface area contributed by atoms with Gasteiger partial charge in [0, 0.05) is 38.6 Å². The van der Waals surface area contributed by atoms with Crippen LogP contribution in [0, 0.1) is 0 Å². The van der Waals surface area contributed by atoms with Gasteiger partial charge in [0.05, 0.1) is 0 Å². The average Bonchev–Trinajstić information content (AvgIpc) is 2.50. The molecule has 1 amide bonds. The number of hydrogen-bond donors (Lipinski definition) is 2. The molecule has 6 heteroatoms. The van der Waals surface area contributed by atoms with Crippen LogP contribution in [0.5, 0.6) is 0 Å². The lowest BCUT2D eigenvalue weighted by atomic mass is 10.1. The molecule has 0 heterocycles. The molecule has 0 saturated carbocycles. The molecule has 1 unspecified atom stereocenters. The van der Waals surface area contributed by atoms with Gasteiger partial charge in [0.2, 0.25) is 5.91 Å². The molecule has 0 fully saturated rings. The average molecular weight is 309 g/mol. The number of carbonyl (C=O) groups is 1. The zero-order chi connectivity index (χ0) is 15.8. The Balaban J connectivity index is 2.64. The van der Waals surface area contributed by atoms with E-state index in [9.17, 15) is 4.79 Å². The predicted molar refractivity (Wildman–Crippen MR) is 89.7 cm³/mol. The number of rotatable bonds is 8. The first-order valence-corrected chi connectivity index (χ1v) is 7.27. The van der Waals surface area contributed by atoms with Gasteiger partial charge < -0.3 is 20.7 Å². The lowest BCUT2D eigenvalue weighted by Crippen LogP contribution is -2.43. The van der Waals surface area contributed by atoms with E-state index >= 15 is 0 Å². The van der Waals surface area contributed by atoms with Crippen molar-refractivity contribution in [3.63, 3.8) is 0 Å². The van der Waals surface area contributed by atoms with Crippen LogP contribution in [0.1, 0.15) is 18.9 Å². The molecule has 0 aromatic heterocycles. The monoisotopic (exact) mass is 309 g/mol. The molecule has 1 aromatic rings. The third-order valence-corrected chi connectivity index (χ3v) is 3.56. The maximum absolute atomic E-state index is 12.1. The molecule has 1 aromatic carbocycles. The van der Waals surface area contributed by atoms with Gasteiger partial charge in [0.1, 0.15) is 11.0 Å². The quantitative estimate of drug-likeness (QED) is 0.560. The van der Waals surface area contributed by atoms with Crippen molar-refractivity contribution in [3.8, 4) is 0 Å². The summed E-state index contributed by atoms with van der Waals surface area (Å²) >= 11 is 4.98. The number of nitrogens with zero attached hydrogens (tertiary/aromatic N) is 1. The Morgan fingerprint density at radius 3 is 2.86 bits per heavy atom. The summed E-state index contributed by atoms with van der Waals surface area (Å²) in [5.41, 5.74) is 7.33. The van der Waals surface area contributed by atoms with Crippen LogP contribution in [0.25, 0.3) is 0 Å². The van der Waals surface area contributed by atoms with Crippen LogP contribution in [0.3, 0.4) is 0 Å². The summed E-state index contributed by atoms with van der Waals surface area (Å²) in [4.78, 5) is 14.3. The van der Waals surface area contributed by atoms with Crippen LogP contribution in [0.4, 0.5) is 5.69 Å². The molecular weight excluding hydrogens is 286 g/mol. The highest BCUT2D eigenvalue weighted by atomic mass is 32.1. The Hall–Kier alpha value is -1.66. The lowest BCUT2D eigenvalue weighted by Gasteiger charge is -2.26. The molecule has 3 N–H and O–H groups in total. The SMILES string of the molecule is COCCCNC(=O)C(C)N(C)c1cccc(C(N)=S)c1. The highest BCUT2D eigenvalue weighted by Crippen LogP contribution is 2.17. The highest BCUT2D eigenvalue weighted by molar-refractivity contribution is 7.80. The summed E-state index contributed by atoms with van der Waals surface area (Å²) in [5, 5.41) is 2.89. The fourth-order valence-electron chi connectivity index (χ4n) is 1.85. The normalized spacial score (nSPS) is 11.8. The minimum absolute atomic E-state index is 0.0191. The number of amides is 1. The van der Waals surface area contributed by atoms with Gasteiger partial charge in [-0.2, -0.15) is 0 Å². The van der Waals surface area contributed by atoms with Gasteiger partial charge in [-0.25, -0.2) is 0 Å². The van der Waals surface area contributed by atoms with Crippen molar-refractivity contribution in [3.05, 3.63) is 29.8 Å². The first kappa shape index (κ1) is 17.4. The Labute approximate surface area is 131 Å².